The van der Waals surface area contributed by atoms with Gasteiger partial charge in [0.1, 0.15) is 23.9 Å². The van der Waals surface area contributed by atoms with Crippen molar-refractivity contribution in [1.82, 2.24) is 4.90 Å². The molecule has 0 aromatic heterocycles. The van der Waals surface area contributed by atoms with Gasteiger partial charge in [0.05, 0.1) is 33.8 Å². The average Bonchev–Trinajstić information content (AvgIpc) is 2.87. The van der Waals surface area contributed by atoms with Crippen LogP contribution in [0.1, 0.15) is 22.7 Å². The lowest BCUT2D eigenvalue weighted by molar-refractivity contribution is -0.134. The summed E-state index contributed by atoms with van der Waals surface area (Å²) in [7, 11) is 4.81. The van der Waals surface area contributed by atoms with Crippen molar-refractivity contribution < 1.29 is 28.1 Å². The van der Waals surface area contributed by atoms with Gasteiger partial charge in [0, 0.05) is 6.54 Å². The first-order valence-electron chi connectivity index (χ1n) is 11.1. The van der Waals surface area contributed by atoms with Gasteiger partial charge in [-0.05, 0) is 71.6 Å². The Morgan fingerprint density at radius 3 is 2.21 bits per heavy atom. The smallest absolute Gasteiger partial charge is 0.227 e. The molecule has 0 saturated carbocycles. The third kappa shape index (κ3) is 5.09. The molecule has 34 heavy (non-hydrogen) atoms. The lowest BCUT2D eigenvalue weighted by atomic mass is 9.91. The minimum atomic E-state index is -0.324. The van der Waals surface area contributed by atoms with Gasteiger partial charge < -0.3 is 23.8 Å². The van der Waals surface area contributed by atoms with Gasteiger partial charge in [0.2, 0.25) is 5.91 Å². The zero-order chi connectivity index (χ0) is 24.1. The highest BCUT2D eigenvalue weighted by molar-refractivity contribution is 5.80. The van der Waals surface area contributed by atoms with Crippen LogP contribution in [0.2, 0.25) is 0 Å². The Balaban J connectivity index is 1.62. The first-order valence-corrected chi connectivity index (χ1v) is 11.1. The van der Waals surface area contributed by atoms with E-state index in [0.717, 1.165) is 22.4 Å². The van der Waals surface area contributed by atoms with E-state index >= 15 is 0 Å². The molecule has 0 aliphatic carbocycles. The van der Waals surface area contributed by atoms with E-state index in [-0.39, 0.29) is 30.8 Å². The topological polar surface area (TPSA) is 57.2 Å². The number of halogens is 1. The van der Waals surface area contributed by atoms with E-state index in [1.807, 2.05) is 41.3 Å². The van der Waals surface area contributed by atoms with Crippen molar-refractivity contribution in [3.63, 3.8) is 0 Å². The fourth-order valence-electron chi connectivity index (χ4n) is 4.23. The molecule has 0 fully saturated rings. The summed E-state index contributed by atoms with van der Waals surface area (Å²) in [5.74, 6) is 2.30. The minimum Gasteiger partial charge on any atom is -0.497 e. The highest BCUT2D eigenvalue weighted by Crippen LogP contribution is 2.38. The number of ether oxygens (including phenoxy) is 4. The van der Waals surface area contributed by atoms with Crippen LogP contribution < -0.4 is 18.9 Å². The zero-order valence-electron chi connectivity index (χ0n) is 19.5. The van der Waals surface area contributed by atoms with Crippen molar-refractivity contribution in [2.24, 2.45) is 0 Å². The van der Waals surface area contributed by atoms with Crippen molar-refractivity contribution in [2.75, 3.05) is 34.5 Å². The summed E-state index contributed by atoms with van der Waals surface area (Å²) < 4.78 is 35.6. The maximum atomic E-state index is 13.3. The number of fused-ring (bicyclic) bond motifs is 1. The summed E-state index contributed by atoms with van der Waals surface area (Å²) >= 11 is 0. The number of amides is 1. The maximum absolute atomic E-state index is 13.3. The Hall–Kier alpha value is -3.74. The normalized spacial score (nSPS) is 14.8. The largest absolute Gasteiger partial charge is 0.497 e. The Labute approximate surface area is 198 Å². The van der Waals surface area contributed by atoms with Gasteiger partial charge in [-0.3, -0.25) is 4.79 Å². The van der Waals surface area contributed by atoms with E-state index in [1.54, 1.807) is 33.5 Å². The van der Waals surface area contributed by atoms with Crippen molar-refractivity contribution in [1.29, 1.82) is 0 Å². The molecule has 0 spiro atoms. The molecule has 4 rings (SSSR count). The molecule has 1 atom stereocenters. The van der Waals surface area contributed by atoms with Gasteiger partial charge in [-0.2, -0.15) is 0 Å². The van der Waals surface area contributed by atoms with Crippen LogP contribution in [-0.4, -0.2) is 45.3 Å². The molecule has 0 bridgehead atoms. The fraction of sp³-hybridized carbons (Fsp3) is 0.296. The number of carbonyl (C=O) groups is 1. The number of rotatable bonds is 8. The first kappa shape index (κ1) is 23.4. The molecular weight excluding hydrogens is 437 g/mol. The van der Waals surface area contributed by atoms with Gasteiger partial charge >= 0.3 is 0 Å². The molecule has 1 aliphatic rings. The van der Waals surface area contributed by atoms with Crippen LogP contribution >= 0.6 is 0 Å². The average molecular weight is 466 g/mol. The molecule has 0 radical (unpaired) electrons. The van der Waals surface area contributed by atoms with Crippen molar-refractivity contribution in [2.45, 2.75) is 18.9 Å². The van der Waals surface area contributed by atoms with Gasteiger partial charge in [-0.1, -0.05) is 12.1 Å². The third-order valence-corrected chi connectivity index (χ3v) is 6.06. The molecule has 0 unspecified atom stereocenters. The van der Waals surface area contributed by atoms with Crippen LogP contribution in [0, 0.1) is 5.82 Å². The summed E-state index contributed by atoms with van der Waals surface area (Å²) in [4.78, 5) is 15.2. The number of hydrogen-bond acceptors (Lipinski definition) is 5. The molecule has 1 heterocycles. The predicted octanol–water partition coefficient (Wildman–Crippen LogP) is 4.60. The van der Waals surface area contributed by atoms with Crippen molar-refractivity contribution in [3.05, 3.63) is 83.2 Å². The van der Waals surface area contributed by atoms with Crippen molar-refractivity contribution in [3.8, 4) is 23.0 Å². The molecule has 178 valence electrons. The molecule has 0 N–H and O–H groups in total. The van der Waals surface area contributed by atoms with Gasteiger partial charge in [0.25, 0.3) is 0 Å². The number of carbonyl (C=O) groups excluding carboxylic acids is 1. The standard InChI is InChI=1S/C27H28FNO5/c1-31-21-8-10-22(11-9-21)34-17-24-23-16-26(33-3)25(32-2)15-19(23)12-13-29(24)27(30)14-18-4-6-20(28)7-5-18/h4-11,15-16,24H,12-14,17H2,1-3H3/t24-/m1/s1. The summed E-state index contributed by atoms with van der Waals surface area (Å²) in [5.41, 5.74) is 2.82. The van der Waals surface area contributed by atoms with Crippen LogP contribution in [0.25, 0.3) is 0 Å². The van der Waals surface area contributed by atoms with Crippen LogP contribution in [0.5, 0.6) is 23.0 Å². The second-order valence-electron chi connectivity index (χ2n) is 8.05. The van der Waals surface area contributed by atoms with E-state index in [9.17, 15) is 9.18 Å². The molecule has 7 heteroatoms. The molecule has 0 saturated heterocycles. The van der Waals surface area contributed by atoms with Gasteiger partial charge in [-0.25, -0.2) is 4.39 Å². The fourth-order valence-corrected chi connectivity index (χ4v) is 4.23. The Morgan fingerprint density at radius 1 is 0.912 bits per heavy atom. The Kier molecular flexibility index (Phi) is 7.21. The first-order chi connectivity index (χ1) is 16.5. The summed E-state index contributed by atoms with van der Waals surface area (Å²) in [6.45, 7) is 0.809. The molecule has 1 aliphatic heterocycles. The van der Waals surface area contributed by atoms with E-state index in [1.165, 1.54) is 12.1 Å². The van der Waals surface area contributed by atoms with Gasteiger partial charge in [0.15, 0.2) is 11.5 Å². The van der Waals surface area contributed by atoms with Crippen LogP contribution in [-0.2, 0) is 17.6 Å². The lowest BCUT2D eigenvalue weighted by Gasteiger charge is -2.37. The summed E-state index contributed by atoms with van der Waals surface area (Å²) in [6, 6.07) is 16.9. The predicted molar refractivity (Wildman–Crippen MR) is 126 cm³/mol. The highest BCUT2D eigenvalue weighted by Gasteiger charge is 2.32. The highest BCUT2D eigenvalue weighted by atomic mass is 19.1. The third-order valence-electron chi connectivity index (χ3n) is 6.06. The van der Waals surface area contributed by atoms with E-state index in [0.29, 0.717) is 30.2 Å². The second-order valence-corrected chi connectivity index (χ2v) is 8.05. The number of methoxy groups -OCH3 is 3. The number of hydrogen-bond donors (Lipinski definition) is 0. The number of nitrogens with zero attached hydrogens (tertiary/aromatic N) is 1. The van der Waals surface area contributed by atoms with E-state index in [4.69, 9.17) is 18.9 Å². The SMILES string of the molecule is COc1ccc(OC[C@@H]2c3cc(OC)c(OC)cc3CCN2C(=O)Cc2ccc(F)cc2)cc1. The van der Waals surface area contributed by atoms with Crippen LogP contribution in [0.4, 0.5) is 4.39 Å². The summed E-state index contributed by atoms with van der Waals surface area (Å²) in [6.07, 6.45) is 0.867. The van der Waals surface area contributed by atoms with Crippen molar-refractivity contribution >= 4 is 5.91 Å². The molecule has 3 aromatic carbocycles. The maximum Gasteiger partial charge on any atom is 0.227 e. The van der Waals surface area contributed by atoms with Gasteiger partial charge in [-0.15, -0.1) is 0 Å². The minimum absolute atomic E-state index is 0.0460. The second kappa shape index (κ2) is 10.5. The van der Waals surface area contributed by atoms with Crippen LogP contribution in [0.3, 0.4) is 0 Å². The molecule has 1 amide bonds. The van der Waals surface area contributed by atoms with E-state index in [2.05, 4.69) is 0 Å². The zero-order valence-corrected chi connectivity index (χ0v) is 19.5. The van der Waals surface area contributed by atoms with Crippen LogP contribution in [0.15, 0.2) is 60.7 Å². The monoisotopic (exact) mass is 465 g/mol. The molecule has 6 nitrogen and oxygen atoms in total. The molecule has 3 aromatic rings. The quantitative estimate of drug-likeness (QED) is 0.487. The van der Waals surface area contributed by atoms with E-state index < -0.39 is 0 Å². The Bertz CT molecular complexity index is 1130. The number of benzene rings is 3. The lowest BCUT2D eigenvalue weighted by Crippen LogP contribution is -2.43. The Morgan fingerprint density at radius 2 is 1.56 bits per heavy atom. The summed E-state index contributed by atoms with van der Waals surface area (Å²) in [5, 5.41) is 0. The molecular formula is C27H28FNO5.